The molecule has 55 heavy (non-hydrogen) atoms. The van der Waals surface area contributed by atoms with Gasteiger partial charge in [-0.25, -0.2) is 0 Å². The van der Waals surface area contributed by atoms with Gasteiger partial charge >= 0.3 is 0 Å². The van der Waals surface area contributed by atoms with Crippen molar-refractivity contribution in [3.63, 3.8) is 0 Å². The first-order valence-corrected chi connectivity index (χ1v) is 19.6. The van der Waals surface area contributed by atoms with Gasteiger partial charge in [-0.2, -0.15) is 0 Å². The summed E-state index contributed by atoms with van der Waals surface area (Å²) in [6.07, 6.45) is 2.05. The van der Waals surface area contributed by atoms with Crippen LogP contribution >= 0.6 is 11.3 Å². The average molecular weight is 716 g/mol. The summed E-state index contributed by atoms with van der Waals surface area (Å²) >= 11 is 1.87. The Balaban J connectivity index is 0.949. The Morgan fingerprint density at radius 2 is 0.800 bits per heavy atom. The van der Waals surface area contributed by atoms with Crippen molar-refractivity contribution in [3.8, 4) is 55.8 Å². The molecule has 11 aromatic rings. The first-order chi connectivity index (χ1) is 27.3. The smallest absolute Gasteiger partial charge is 0.0702 e. The molecule has 1 nitrogen and oxygen atoms in total. The topological polar surface area (TPSA) is 12.9 Å². The van der Waals surface area contributed by atoms with Crippen LogP contribution in [0.4, 0.5) is 0 Å². The second-order valence-corrected chi connectivity index (χ2v) is 15.4. The molecule has 2 aromatic heterocycles. The van der Waals surface area contributed by atoms with Gasteiger partial charge in [-0.15, -0.1) is 11.3 Å². The molecule has 0 spiro atoms. The van der Waals surface area contributed by atoms with Crippen LogP contribution in [-0.2, 0) is 0 Å². The van der Waals surface area contributed by atoms with Crippen LogP contribution in [0.1, 0.15) is 0 Å². The van der Waals surface area contributed by atoms with Crippen molar-refractivity contribution >= 4 is 63.8 Å². The highest BCUT2D eigenvalue weighted by atomic mass is 32.1. The third-order valence-corrected chi connectivity index (χ3v) is 12.3. The molecule has 0 N–H and O–H groups in total. The van der Waals surface area contributed by atoms with E-state index in [1.54, 1.807) is 0 Å². The lowest BCUT2D eigenvalue weighted by molar-refractivity contribution is 1.33. The van der Waals surface area contributed by atoms with Crippen LogP contribution in [0, 0.1) is 0 Å². The molecule has 2 heterocycles. The third-order valence-electron chi connectivity index (χ3n) is 11.1. The molecule has 9 aromatic carbocycles. The molecule has 0 bridgehead atoms. The first kappa shape index (κ1) is 31.6. The Hall–Kier alpha value is -6.87. The van der Waals surface area contributed by atoms with E-state index >= 15 is 0 Å². The summed E-state index contributed by atoms with van der Waals surface area (Å²) in [4.78, 5) is 5.06. The highest BCUT2D eigenvalue weighted by Crippen LogP contribution is 2.44. The van der Waals surface area contributed by atoms with E-state index in [0.29, 0.717) is 0 Å². The maximum absolute atomic E-state index is 5.06. The minimum atomic E-state index is 0.963. The van der Waals surface area contributed by atoms with Gasteiger partial charge in [-0.3, -0.25) is 4.98 Å². The summed E-state index contributed by atoms with van der Waals surface area (Å²) in [5, 5.41) is 10.2. The highest BCUT2D eigenvalue weighted by Gasteiger charge is 2.17. The standard InChI is InChI=1S/C53H33NS/c1-2-10-34(11-3-1)35-20-24-39(25-21-35)51-43-14-6-8-16-45(43)52(46-17-9-7-15-44(46)51)41-26-29-48(54-33-41)38-22-18-36(19-23-38)40-28-30-49-47(32-40)53-42-13-5-4-12-37(42)27-31-50(53)55-49/h1-33H. The van der Waals surface area contributed by atoms with Gasteiger partial charge < -0.3 is 0 Å². The van der Waals surface area contributed by atoms with Crippen molar-refractivity contribution < 1.29 is 0 Å². The molecular formula is C53H33NS. The number of hydrogen-bond acceptors (Lipinski definition) is 2. The Morgan fingerprint density at radius 3 is 1.45 bits per heavy atom. The fraction of sp³-hybridized carbons (Fsp3) is 0. The SMILES string of the molecule is c1ccc(-c2ccc(-c3c4ccccc4c(-c4ccc(-c5ccc(-c6ccc7sc8ccc9ccccc9c8c7c6)cc5)nc4)c4ccccc34)cc2)cc1. The van der Waals surface area contributed by atoms with Gasteiger partial charge in [0.15, 0.2) is 0 Å². The molecule has 0 saturated heterocycles. The number of aromatic nitrogens is 1. The first-order valence-electron chi connectivity index (χ1n) is 18.8. The van der Waals surface area contributed by atoms with E-state index < -0.39 is 0 Å². The van der Waals surface area contributed by atoms with Crippen molar-refractivity contribution in [2.45, 2.75) is 0 Å². The van der Waals surface area contributed by atoms with Crippen molar-refractivity contribution in [2.75, 3.05) is 0 Å². The Bertz CT molecular complexity index is 3160. The Kier molecular flexibility index (Phi) is 7.43. The number of benzene rings is 9. The molecule has 11 rings (SSSR count). The van der Waals surface area contributed by atoms with Crippen molar-refractivity contribution in [3.05, 3.63) is 200 Å². The van der Waals surface area contributed by atoms with E-state index in [2.05, 4.69) is 194 Å². The van der Waals surface area contributed by atoms with Gasteiger partial charge in [0.1, 0.15) is 0 Å². The largest absolute Gasteiger partial charge is 0.256 e. The van der Waals surface area contributed by atoms with Crippen molar-refractivity contribution in [1.29, 1.82) is 0 Å². The Labute approximate surface area is 323 Å². The van der Waals surface area contributed by atoms with Crippen molar-refractivity contribution in [2.24, 2.45) is 0 Å². The fourth-order valence-electron chi connectivity index (χ4n) is 8.48. The minimum absolute atomic E-state index is 0.963. The second kappa shape index (κ2) is 12.9. The van der Waals surface area contributed by atoms with Crippen LogP contribution in [0.5, 0.6) is 0 Å². The second-order valence-electron chi connectivity index (χ2n) is 14.3. The fourth-order valence-corrected chi connectivity index (χ4v) is 9.59. The monoisotopic (exact) mass is 715 g/mol. The van der Waals surface area contributed by atoms with Crippen LogP contribution in [0.3, 0.4) is 0 Å². The van der Waals surface area contributed by atoms with E-state index in [0.717, 1.165) is 16.8 Å². The number of rotatable bonds is 5. The molecule has 0 aliphatic rings. The molecule has 0 amide bonds. The summed E-state index contributed by atoms with van der Waals surface area (Å²) in [5.74, 6) is 0. The van der Waals surface area contributed by atoms with E-state index in [9.17, 15) is 0 Å². The van der Waals surface area contributed by atoms with Crippen LogP contribution in [0.15, 0.2) is 200 Å². The predicted molar refractivity (Wildman–Crippen MR) is 237 cm³/mol. The van der Waals surface area contributed by atoms with E-state index in [4.69, 9.17) is 4.98 Å². The molecule has 0 radical (unpaired) electrons. The van der Waals surface area contributed by atoms with Gasteiger partial charge in [0.25, 0.3) is 0 Å². The lowest BCUT2D eigenvalue weighted by Crippen LogP contribution is -1.92. The molecule has 2 heteroatoms. The summed E-state index contributed by atoms with van der Waals surface area (Å²) in [5.41, 5.74) is 11.8. The molecule has 0 atom stereocenters. The number of nitrogens with zero attached hydrogens (tertiary/aromatic N) is 1. The highest BCUT2D eigenvalue weighted by molar-refractivity contribution is 7.26. The van der Waals surface area contributed by atoms with Crippen LogP contribution in [-0.4, -0.2) is 4.98 Å². The van der Waals surface area contributed by atoms with Crippen LogP contribution < -0.4 is 0 Å². The van der Waals surface area contributed by atoms with Gasteiger partial charge in [0, 0.05) is 37.5 Å². The average Bonchev–Trinajstić information content (AvgIpc) is 3.65. The van der Waals surface area contributed by atoms with Gasteiger partial charge in [-0.1, -0.05) is 170 Å². The Morgan fingerprint density at radius 1 is 0.309 bits per heavy atom. The van der Waals surface area contributed by atoms with E-state index in [1.165, 1.54) is 91.4 Å². The zero-order valence-corrected chi connectivity index (χ0v) is 30.7. The van der Waals surface area contributed by atoms with Gasteiger partial charge in [-0.05, 0) is 95.5 Å². The zero-order chi connectivity index (χ0) is 36.3. The van der Waals surface area contributed by atoms with Crippen LogP contribution in [0.25, 0.3) is 108 Å². The molecule has 0 unspecified atom stereocenters. The summed E-state index contributed by atoms with van der Waals surface area (Å²) in [6, 6.07) is 70.6. The maximum Gasteiger partial charge on any atom is 0.0702 e. The molecule has 0 aliphatic carbocycles. The summed E-state index contributed by atoms with van der Waals surface area (Å²) in [6.45, 7) is 0. The molecule has 256 valence electrons. The van der Waals surface area contributed by atoms with Crippen LogP contribution in [0.2, 0.25) is 0 Å². The van der Waals surface area contributed by atoms with Crippen molar-refractivity contribution in [1.82, 2.24) is 4.98 Å². The summed E-state index contributed by atoms with van der Waals surface area (Å²) < 4.78 is 2.66. The zero-order valence-electron chi connectivity index (χ0n) is 29.9. The number of fused-ring (bicyclic) bond motifs is 7. The third kappa shape index (κ3) is 5.34. The molecule has 0 fully saturated rings. The minimum Gasteiger partial charge on any atom is -0.256 e. The maximum atomic E-state index is 5.06. The normalized spacial score (nSPS) is 11.6. The lowest BCUT2D eigenvalue weighted by Gasteiger charge is -2.18. The molecular weight excluding hydrogens is 683 g/mol. The predicted octanol–water partition coefficient (Wildman–Crippen LogP) is 15.2. The van der Waals surface area contributed by atoms with E-state index in [-0.39, 0.29) is 0 Å². The summed E-state index contributed by atoms with van der Waals surface area (Å²) in [7, 11) is 0. The number of pyridine rings is 1. The molecule has 0 aliphatic heterocycles. The lowest BCUT2D eigenvalue weighted by atomic mass is 9.86. The number of thiophene rings is 1. The molecule has 0 saturated carbocycles. The van der Waals surface area contributed by atoms with Gasteiger partial charge in [0.05, 0.1) is 5.69 Å². The van der Waals surface area contributed by atoms with Gasteiger partial charge in [0.2, 0.25) is 0 Å². The quantitative estimate of drug-likeness (QED) is 0.162. The van der Waals surface area contributed by atoms with E-state index in [1.807, 2.05) is 17.5 Å². The number of hydrogen-bond donors (Lipinski definition) is 0.